The average molecular weight is 543 g/mol. The lowest BCUT2D eigenvalue weighted by atomic mass is 9.69. The summed E-state index contributed by atoms with van der Waals surface area (Å²) in [4.78, 5) is 17.2. The summed E-state index contributed by atoms with van der Waals surface area (Å²) in [6.45, 7) is 4.85. The van der Waals surface area contributed by atoms with E-state index in [1.165, 1.54) is 19.1 Å². The number of fused-ring (bicyclic) bond motifs is 2. The van der Waals surface area contributed by atoms with Crippen LogP contribution < -0.4 is 0 Å². The van der Waals surface area contributed by atoms with E-state index in [4.69, 9.17) is 4.74 Å². The van der Waals surface area contributed by atoms with Crippen LogP contribution in [-0.2, 0) is 26.1 Å². The molecule has 0 heterocycles. The summed E-state index contributed by atoms with van der Waals surface area (Å²) in [7, 11) is -3.53. The van der Waals surface area contributed by atoms with Crippen molar-refractivity contribution >= 4 is 22.2 Å². The number of carbonyl (C=O) groups is 1. The zero-order valence-electron chi connectivity index (χ0n) is 23.3. The lowest BCUT2D eigenvalue weighted by molar-refractivity contribution is -0.147. The monoisotopic (exact) mass is 542 g/mol. The zero-order valence-corrected chi connectivity index (χ0v) is 24.1. The fraction of sp³-hybridized carbons (Fsp3) is 0.742. The minimum atomic E-state index is -3.53. The third-order valence-electron chi connectivity index (χ3n) is 10.6. The van der Waals surface area contributed by atoms with Crippen LogP contribution >= 0.6 is 0 Å². The van der Waals surface area contributed by atoms with Gasteiger partial charge in [-0.25, -0.2) is 13.2 Å². The van der Waals surface area contributed by atoms with Crippen LogP contribution in [0.2, 0.25) is 0 Å². The van der Waals surface area contributed by atoms with Crippen molar-refractivity contribution in [3.63, 3.8) is 0 Å². The molecule has 0 radical (unpaired) electrons. The van der Waals surface area contributed by atoms with Gasteiger partial charge in [-0.3, -0.25) is 4.99 Å². The largest absolute Gasteiger partial charge is 0.457 e. The highest BCUT2D eigenvalue weighted by Gasteiger charge is 2.67. The molecule has 0 amide bonds. The molecule has 0 aromatic heterocycles. The molecule has 0 unspecified atom stereocenters. The van der Waals surface area contributed by atoms with Crippen molar-refractivity contribution in [1.29, 1.82) is 0 Å². The Morgan fingerprint density at radius 1 is 0.974 bits per heavy atom. The minimum absolute atomic E-state index is 0.0929. The Kier molecular flexibility index (Phi) is 8.35. The lowest BCUT2D eigenvalue weighted by Crippen LogP contribution is -2.54. The van der Waals surface area contributed by atoms with Crippen LogP contribution in [0.3, 0.4) is 0 Å². The van der Waals surface area contributed by atoms with Gasteiger partial charge in [0.25, 0.3) is 0 Å². The Labute approximate surface area is 229 Å². The van der Waals surface area contributed by atoms with Crippen LogP contribution in [0, 0.1) is 16.7 Å². The maximum Gasteiger partial charge on any atom is 0.349 e. The standard InChI is InChI=1S/C31H46N2O4S/c1-30(2)25-18-19-31(30,28(20-25)37-29(34)22-32-21-24-12-6-3-7-13-24)23-38(35,36)33(26-14-8-4-9-15-26)27-16-10-5-11-17-27/h3,6-7,12-13,22,25-28H,4-5,8-11,14-21,23H2,1-2H3/t25-,28-,31-/m1/s1. The molecule has 210 valence electrons. The topological polar surface area (TPSA) is 76.0 Å². The molecule has 6 nitrogen and oxygen atoms in total. The third-order valence-corrected chi connectivity index (χ3v) is 12.7. The summed E-state index contributed by atoms with van der Waals surface area (Å²) in [5.74, 6) is 0.00679. The van der Waals surface area contributed by atoms with Gasteiger partial charge in [-0.15, -0.1) is 0 Å². The van der Waals surface area contributed by atoms with Crippen molar-refractivity contribution in [3.05, 3.63) is 35.9 Å². The van der Waals surface area contributed by atoms with E-state index >= 15 is 0 Å². The molecule has 1 aromatic rings. The fourth-order valence-corrected chi connectivity index (χ4v) is 11.1. The van der Waals surface area contributed by atoms with Gasteiger partial charge in [0.2, 0.25) is 10.0 Å². The second kappa shape index (κ2) is 11.4. The van der Waals surface area contributed by atoms with Crippen molar-refractivity contribution in [2.75, 3.05) is 5.75 Å². The number of ether oxygens (including phenoxy) is 1. The first-order chi connectivity index (χ1) is 18.2. The van der Waals surface area contributed by atoms with E-state index in [-0.39, 0.29) is 29.4 Å². The molecule has 4 fully saturated rings. The van der Waals surface area contributed by atoms with Gasteiger partial charge in [-0.2, -0.15) is 4.31 Å². The van der Waals surface area contributed by atoms with E-state index in [1.54, 1.807) is 0 Å². The number of hydrogen-bond acceptors (Lipinski definition) is 5. The van der Waals surface area contributed by atoms with E-state index in [1.807, 2.05) is 34.6 Å². The number of benzene rings is 1. The van der Waals surface area contributed by atoms with Crippen LogP contribution in [-0.4, -0.2) is 48.8 Å². The van der Waals surface area contributed by atoms with Gasteiger partial charge in [-0.1, -0.05) is 82.7 Å². The highest BCUT2D eigenvalue weighted by Crippen LogP contribution is 2.67. The number of aliphatic imine (C=N–C) groups is 1. The zero-order chi connectivity index (χ0) is 26.8. The Balaban J connectivity index is 1.35. The molecule has 5 rings (SSSR count). The molecule has 38 heavy (non-hydrogen) atoms. The second-order valence-corrected chi connectivity index (χ2v) is 14.8. The molecule has 1 aromatic carbocycles. The number of carbonyl (C=O) groups excluding carboxylic acids is 1. The first-order valence-corrected chi connectivity index (χ1v) is 16.6. The molecule has 3 atom stereocenters. The Bertz CT molecular complexity index is 1070. The summed E-state index contributed by atoms with van der Waals surface area (Å²) in [5.41, 5.74) is 0.281. The number of rotatable bonds is 9. The van der Waals surface area contributed by atoms with Crippen LogP contribution in [0.15, 0.2) is 35.3 Å². The van der Waals surface area contributed by atoms with Gasteiger partial charge in [0.1, 0.15) is 12.3 Å². The highest BCUT2D eigenvalue weighted by molar-refractivity contribution is 7.89. The minimum Gasteiger partial charge on any atom is -0.457 e. The Hall–Kier alpha value is -1.73. The van der Waals surface area contributed by atoms with Crippen LogP contribution in [0.25, 0.3) is 0 Å². The van der Waals surface area contributed by atoms with E-state index in [0.29, 0.717) is 12.5 Å². The number of esters is 1. The van der Waals surface area contributed by atoms with E-state index in [0.717, 1.165) is 76.2 Å². The van der Waals surface area contributed by atoms with E-state index in [2.05, 4.69) is 18.8 Å². The molecule has 2 bridgehead atoms. The maximum absolute atomic E-state index is 14.5. The van der Waals surface area contributed by atoms with Crippen molar-refractivity contribution in [3.8, 4) is 0 Å². The molecule has 0 aliphatic heterocycles. The molecule has 4 aliphatic rings. The van der Waals surface area contributed by atoms with Gasteiger partial charge >= 0.3 is 5.97 Å². The summed E-state index contributed by atoms with van der Waals surface area (Å²) in [6.07, 6.45) is 14.2. The summed E-state index contributed by atoms with van der Waals surface area (Å²) >= 11 is 0. The molecule has 0 N–H and O–H groups in total. The Morgan fingerprint density at radius 2 is 1.58 bits per heavy atom. The molecular formula is C31H46N2O4S. The van der Waals surface area contributed by atoms with E-state index < -0.39 is 21.4 Å². The number of hydrogen-bond donors (Lipinski definition) is 0. The summed E-state index contributed by atoms with van der Waals surface area (Å²) < 4.78 is 37.0. The molecule has 4 saturated carbocycles. The van der Waals surface area contributed by atoms with Crippen molar-refractivity contribution in [2.45, 2.75) is 122 Å². The van der Waals surface area contributed by atoms with Gasteiger partial charge in [-0.05, 0) is 61.8 Å². The average Bonchev–Trinajstić information content (AvgIpc) is 3.25. The van der Waals surface area contributed by atoms with Gasteiger partial charge in [0.15, 0.2) is 0 Å². The summed E-state index contributed by atoms with van der Waals surface area (Å²) in [5, 5.41) is 0. The normalized spacial score (nSPS) is 30.3. The number of nitrogens with zero attached hydrogens (tertiary/aromatic N) is 2. The lowest BCUT2D eigenvalue weighted by Gasteiger charge is -2.46. The maximum atomic E-state index is 14.5. The smallest absolute Gasteiger partial charge is 0.349 e. The number of sulfonamides is 1. The van der Waals surface area contributed by atoms with E-state index in [9.17, 15) is 13.2 Å². The van der Waals surface area contributed by atoms with Crippen LogP contribution in [0.4, 0.5) is 0 Å². The Morgan fingerprint density at radius 3 is 2.16 bits per heavy atom. The first-order valence-electron chi connectivity index (χ1n) is 15.0. The van der Waals surface area contributed by atoms with Crippen molar-refractivity contribution in [1.82, 2.24) is 4.31 Å². The molecule has 7 heteroatoms. The van der Waals surface area contributed by atoms with Crippen molar-refractivity contribution < 1.29 is 17.9 Å². The highest BCUT2D eigenvalue weighted by atomic mass is 32.2. The third kappa shape index (κ3) is 5.47. The fourth-order valence-electron chi connectivity index (χ4n) is 8.31. The second-order valence-electron chi connectivity index (χ2n) is 12.9. The van der Waals surface area contributed by atoms with Crippen molar-refractivity contribution in [2.24, 2.45) is 21.7 Å². The van der Waals surface area contributed by atoms with Gasteiger partial charge in [0, 0.05) is 17.5 Å². The first kappa shape index (κ1) is 27.8. The van der Waals surface area contributed by atoms with Gasteiger partial charge < -0.3 is 4.74 Å². The predicted octanol–water partition coefficient (Wildman–Crippen LogP) is 6.29. The molecule has 0 saturated heterocycles. The van der Waals surface area contributed by atoms with Crippen LogP contribution in [0.1, 0.15) is 103 Å². The summed E-state index contributed by atoms with van der Waals surface area (Å²) in [6, 6.07) is 10.1. The predicted molar refractivity (Wildman–Crippen MR) is 151 cm³/mol. The van der Waals surface area contributed by atoms with Gasteiger partial charge in [0.05, 0.1) is 12.3 Å². The quantitative estimate of drug-likeness (QED) is 0.271. The molecular weight excluding hydrogens is 496 g/mol. The van der Waals surface area contributed by atoms with Crippen LogP contribution in [0.5, 0.6) is 0 Å². The molecule has 4 aliphatic carbocycles. The SMILES string of the molecule is CC1(C)[C@@H]2CC[C@@]1(CS(=O)(=O)N(C1CCCCC1)C1CCCCC1)[C@H](OC(=O)C=NCc1ccccc1)C2. The molecule has 0 spiro atoms.